The molecule has 1 aliphatic rings. The van der Waals surface area contributed by atoms with E-state index in [0.29, 0.717) is 11.8 Å². The van der Waals surface area contributed by atoms with E-state index in [1.54, 1.807) is 0 Å². The van der Waals surface area contributed by atoms with Crippen LogP contribution >= 0.6 is 49.4 Å². The molecular formula is C11H17ClN4O3P4. The molecule has 2 aromatic heterocycles. The first-order valence-electron chi connectivity index (χ1n) is 6.67. The minimum Gasteiger partial charge on any atom is -0.364 e. The molecule has 0 spiro atoms. The van der Waals surface area contributed by atoms with Gasteiger partial charge in [0.25, 0.3) is 0 Å². The van der Waals surface area contributed by atoms with Gasteiger partial charge in [-0.25, -0.2) is 9.97 Å². The molecule has 0 saturated carbocycles. The summed E-state index contributed by atoms with van der Waals surface area (Å²) in [5.41, 5.74) is 2.50. The Kier molecular flexibility index (Phi) is 6.18. The van der Waals surface area contributed by atoms with Gasteiger partial charge in [0.05, 0.1) is 24.2 Å². The van der Waals surface area contributed by atoms with Gasteiger partial charge in [0.2, 0.25) is 0 Å². The molecule has 0 aliphatic carbocycles. The Balaban J connectivity index is 2.05. The standard InChI is InChI=1S/C11H17ClN4O3P4/c12-11-8-6(13-3-14-11)4(1-16(8)20)7-10(19-23)9(18-22)5(15-7)2-17-21/h1,3,5,7,9-10,15H,2,20-23H2/t5-,7+,9-,10+/m1/s1. The normalized spacial score (nSPS) is 27.9. The van der Waals surface area contributed by atoms with Gasteiger partial charge in [-0.05, 0) is 9.39 Å². The van der Waals surface area contributed by atoms with Gasteiger partial charge in [-0.2, -0.15) is 0 Å². The molecule has 1 fully saturated rings. The van der Waals surface area contributed by atoms with Crippen LogP contribution in [0.5, 0.6) is 0 Å². The minimum absolute atomic E-state index is 0.0271. The first kappa shape index (κ1) is 18.3. The largest absolute Gasteiger partial charge is 0.364 e. The predicted molar refractivity (Wildman–Crippen MR) is 102 cm³/mol. The molecule has 4 unspecified atom stereocenters. The zero-order valence-corrected chi connectivity index (χ0v) is 17.3. The van der Waals surface area contributed by atoms with Crippen molar-refractivity contribution in [1.82, 2.24) is 19.6 Å². The molecule has 0 radical (unpaired) electrons. The van der Waals surface area contributed by atoms with Gasteiger partial charge in [-0.3, -0.25) is 0 Å². The average Bonchev–Trinajstić information content (AvgIpc) is 3.06. The van der Waals surface area contributed by atoms with Gasteiger partial charge >= 0.3 is 0 Å². The van der Waals surface area contributed by atoms with Crippen molar-refractivity contribution >= 4 is 60.4 Å². The van der Waals surface area contributed by atoms with E-state index in [9.17, 15) is 0 Å². The number of aromatic nitrogens is 3. The van der Waals surface area contributed by atoms with E-state index in [4.69, 9.17) is 25.2 Å². The van der Waals surface area contributed by atoms with Crippen LogP contribution in [0.3, 0.4) is 0 Å². The van der Waals surface area contributed by atoms with Crippen molar-refractivity contribution in [2.45, 2.75) is 24.3 Å². The fourth-order valence-electron chi connectivity index (χ4n) is 2.98. The van der Waals surface area contributed by atoms with Crippen LogP contribution in [0.4, 0.5) is 0 Å². The fourth-order valence-corrected chi connectivity index (χ4v) is 4.56. The summed E-state index contributed by atoms with van der Waals surface area (Å²) < 4.78 is 18.2. The molecule has 0 aromatic carbocycles. The average molecular weight is 413 g/mol. The first-order chi connectivity index (χ1) is 11.1. The van der Waals surface area contributed by atoms with Crippen LogP contribution in [0.15, 0.2) is 12.5 Å². The number of hydrogen-bond acceptors (Lipinski definition) is 6. The van der Waals surface area contributed by atoms with E-state index in [2.05, 4.69) is 53.1 Å². The van der Waals surface area contributed by atoms with Crippen LogP contribution in [-0.4, -0.2) is 39.2 Å². The van der Waals surface area contributed by atoms with Crippen molar-refractivity contribution in [1.29, 1.82) is 0 Å². The molecule has 3 heterocycles. The summed E-state index contributed by atoms with van der Waals surface area (Å²) in [6.45, 7) is 0.472. The Morgan fingerprint density at radius 1 is 1.22 bits per heavy atom. The van der Waals surface area contributed by atoms with Crippen LogP contribution in [-0.2, 0) is 13.6 Å². The number of nitrogens with zero attached hydrogens (tertiary/aromatic N) is 3. The monoisotopic (exact) mass is 412 g/mol. The summed E-state index contributed by atoms with van der Waals surface area (Å²) in [6, 6.07) is -0.153. The topological polar surface area (TPSA) is 70.4 Å². The molecule has 23 heavy (non-hydrogen) atoms. The van der Waals surface area contributed by atoms with Gasteiger partial charge < -0.3 is 23.2 Å². The lowest BCUT2D eigenvalue weighted by Gasteiger charge is -2.22. The third-order valence-electron chi connectivity index (χ3n) is 3.96. The van der Waals surface area contributed by atoms with E-state index in [0.717, 1.165) is 16.6 Å². The van der Waals surface area contributed by atoms with Crippen molar-refractivity contribution in [2.75, 3.05) is 6.61 Å². The van der Waals surface area contributed by atoms with Gasteiger partial charge in [0.15, 0.2) is 5.15 Å². The van der Waals surface area contributed by atoms with Crippen LogP contribution < -0.4 is 5.32 Å². The molecule has 1 saturated heterocycles. The number of halogens is 1. The zero-order valence-electron chi connectivity index (χ0n) is 11.9. The lowest BCUT2D eigenvalue weighted by atomic mass is 10.0. The van der Waals surface area contributed by atoms with Crippen LogP contribution in [0.1, 0.15) is 11.6 Å². The highest BCUT2D eigenvalue weighted by Gasteiger charge is 2.45. The lowest BCUT2D eigenvalue weighted by molar-refractivity contribution is 0.0820. The van der Waals surface area contributed by atoms with E-state index in [1.165, 1.54) is 6.33 Å². The van der Waals surface area contributed by atoms with Crippen molar-refractivity contribution in [2.24, 2.45) is 0 Å². The summed E-state index contributed by atoms with van der Waals surface area (Å²) in [6.07, 6.45) is 2.99. The molecular weight excluding hydrogens is 395 g/mol. The molecule has 12 heteroatoms. The highest BCUT2D eigenvalue weighted by molar-refractivity contribution is 7.15. The van der Waals surface area contributed by atoms with E-state index in [-0.39, 0.29) is 24.3 Å². The van der Waals surface area contributed by atoms with Crippen molar-refractivity contribution in [3.63, 3.8) is 0 Å². The molecule has 8 atom stereocenters. The lowest BCUT2D eigenvalue weighted by Crippen LogP contribution is -2.36. The molecule has 2 aromatic rings. The third-order valence-corrected chi connectivity index (χ3v) is 5.46. The molecule has 0 bridgehead atoms. The predicted octanol–water partition coefficient (Wildman–Crippen LogP) is 1.89. The van der Waals surface area contributed by atoms with Crippen molar-refractivity contribution in [3.8, 4) is 0 Å². The summed E-state index contributed by atoms with van der Waals surface area (Å²) >= 11 is 6.20. The van der Waals surface area contributed by atoms with Gasteiger partial charge in [-0.15, -0.1) is 0 Å². The second-order valence-electron chi connectivity index (χ2n) is 5.14. The number of rotatable bonds is 5. The quantitative estimate of drug-likeness (QED) is 0.597. The third kappa shape index (κ3) is 3.29. The Bertz CT molecular complexity index is 705. The SMILES string of the molecule is POC[C@H]1N[C@@H](c2cn(P)c3c(Cl)ncnc23)[C@H](OP)[C@@H]1OP. The first-order valence-corrected chi connectivity index (χ1v) is 8.98. The Labute approximate surface area is 148 Å². The highest BCUT2D eigenvalue weighted by Crippen LogP contribution is 2.38. The molecule has 126 valence electrons. The van der Waals surface area contributed by atoms with Gasteiger partial charge in [-0.1, -0.05) is 11.6 Å². The van der Waals surface area contributed by atoms with Gasteiger partial charge in [0.1, 0.15) is 24.1 Å². The summed E-state index contributed by atoms with van der Waals surface area (Å²) in [5.74, 6) is 0. The van der Waals surface area contributed by atoms with Crippen LogP contribution in [0.2, 0.25) is 5.15 Å². The fraction of sp³-hybridized carbons (Fsp3) is 0.455. The van der Waals surface area contributed by atoms with E-state index in [1.807, 2.05) is 10.5 Å². The smallest absolute Gasteiger partial charge is 0.156 e. The van der Waals surface area contributed by atoms with Crippen LogP contribution in [0.25, 0.3) is 11.0 Å². The number of nitrogens with one attached hydrogen (secondary N) is 1. The van der Waals surface area contributed by atoms with E-state index < -0.39 is 0 Å². The van der Waals surface area contributed by atoms with Crippen molar-refractivity contribution in [3.05, 3.63) is 23.2 Å². The molecule has 1 N–H and O–H groups in total. The van der Waals surface area contributed by atoms with Gasteiger partial charge in [0, 0.05) is 40.2 Å². The van der Waals surface area contributed by atoms with Crippen LogP contribution in [0, 0.1) is 0 Å². The van der Waals surface area contributed by atoms with Crippen molar-refractivity contribution < 1.29 is 13.6 Å². The number of fused-ring (bicyclic) bond motifs is 1. The maximum atomic E-state index is 6.20. The zero-order chi connectivity index (χ0) is 16.6. The maximum Gasteiger partial charge on any atom is 0.156 e. The summed E-state index contributed by atoms with van der Waals surface area (Å²) in [4.78, 5) is 8.42. The molecule has 1 aliphatic heterocycles. The highest BCUT2D eigenvalue weighted by atomic mass is 35.5. The Morgan fingerprint density at radius 2 is 1.96 bits per heavy atom. The molecule has 0 amide bonds. The summed E-state index contributed by atoms with van der Waals surface area (Å²) in [5, 5.41) is 3.90. The minimum atomic E-state index is -0.230. The van der Waals surface area contributed by atoms with E-state index >= 15 is 0 Å². The number of hydrogen-bond donors (Lipinski definition) is 1. The maximum absolute atomic E-state index is 6.20. The Morgan fingerprint density at radius 3 is 2.61 bits per heavy atom. The molecule has 7 nitrogen and oxygen atoms in total. The Hall–Kier alpha value is 0.470. The second-order valence-corrected chi connectivity index (χ2v) is 6.93. The second kappa shape index (κ2) is 7.79. The molecule has 3 rings (SSSR count). The summed E-state index contributed by atoms with van der Waals surface area (Å²) in [7, 11) is 9.46.